The summed E-state index contributed by atoms with van der Waals surface area (Å²) in [5.74, 6) is 0.513. The molecule has 0 radical (unpaired) electrons. The maximum atomic E-state index is 12.2. The first-order valence-corrected chi connectivity index (χ1v) is 7.81. The van der Waals surface area contributed by atoms with Crippen LogP contribution in [0.25, 0.3) is 0 Å². The minimum absolute atomic E-state index is 0.118. The highest BCUT2D eigenvalue weighted by Gasteiger charge is 2.39. The van der Waals surface area contributed by atoms with Gasteiger partial charge in [-0.15, -0.1) is 0 Å². The Labute approximate surface area is 109 Å². The Bertz CT molecular complexity index is 540. The van der Waals surface area contributed by atoms with Gasteiger partial charge in [0.25, 0.3) is 0 Å². The number of benzene rings is 1. The minimum atomic E-state index is -3.40. The summed E-state index contributed by atoms with van der Waals surface area (Å²) < 4.78 is 27.2. The van der Waals surface area contributed by atoms with Crippen molar-refractivity contribution in [3.8, 4) is 0 Å². The Morgan fingerprint density at radius 1 is 1.44 bits per heavy atom. The van der Waals surface area contributed by atoms with Crippen molar-refractivity contribution in [2.24, 2.45) is 5.92 Å². The van der Waals surface area contributed by atoms with E-state index in [9.17, 15) is 8.42 Å². The second kappa shape index (κ2) is 4.90. The Kier molecular flexibility index (Phi) is 3.64. The molecule has 100 valence electrons. The number of aryl methyl sites for hydroxylation is 1. The molecule has 4 nitrogen and oxygen atoms in total. The fraction of sp³-hybridized carbons (Fsp3) is 0.538. The summed E-state index contributed by atoms with van der Waals surface area (Å²) in [5.41, 5.74) is 6.91. The van der Waals surface area contributed by atoms with E-state index in [1.165, 1.54) is 0 Å². The standard InChI is InChI=1S/C13H20N2O2S/c1-3-4-10-8-12(10)15-18(16,17)13-6-5-11(14)7-9(13)2/h5-7,10,12,15H,3-4,8,14H2,1-2H3. The zero-order valence-electron chi connectivity index (χ0n) is 10.8. The summed E-state index contributed by atoms with van der Waals surface area (Å²) in [6.07, 6.45) is 3.15. The summed E-state index contributed by atoms with van der Waals surface area (Å²) in [6, 6.07) is 5.00. The maximum absolute atomic E-state index is 12.2. The van der Waals surface area contributed by atoms with Gasteiger partial charge in [0.2, 0.25) is 10.0 Å². The fourth-order valence-electron chi connectivity index (χ4n) is 2.32. The lowest BCUT2D eigenvalue weighted by Gasteiger charge is -2.09. The van der Waals surface area contributed by atoms with E-state index in [-0.39, 0.29) is 6.04 Å². The van der Waals surface area contributed by atoms with Crippen molar-refractivity contribution < 1.29 is 8.42 Å². The summed E-state index contributed by atoms with van der Waals surface area (Å²) >= 11 is 0. The monoisotopic (exact) mass is 268 g/mol. The van der Waals surface area contributed by atoms with Crippen LogP contribution in [0.15, 0.2) is 23.1 Å². The van der Waals surface area contributed by atoms with Crippen LogP contribution in [0.4, 0.5) is 5.69 Å². The third kappa shape index (κ3) is 2.84. The topological polar surface area (TPSA) is 72.2 Å². The molecule has 1 saturated carbocycles. The summed E-state index contributed by atoms with van der Waals surface area (Å²) in [4.78, 5) is 0.332. The van der Waals surface area contributed by atoms with Crippen LogP contribution >= 0.6 is 0 Å². The van der Waals surface area contributed by atoms with E-state index in [0.29, 0.717) is 22.1 Å². The molecule has 18 heavy (non-hydrogen) atoms. The predicted molar refractivity (Wildman–Crippen MR) is 72.7 cm³/mol. The molecular weight excluding hydrogens is 248 g/mol. The molecule has 0 saturated heterocycles. The molecule has 2 unspecified atom stereocenters. The summed E-state index contributed by atoms with van der Waals surface area (Å²) in [5, 5.41) is 0. The number of hydrogen-bond acceptors (Lipinski definition) is 3. The molecule has 5 heteroatoms. The summed E-state index contributed by atoms with van der Waals surface area (Å²) in [6.45, 7) is 3.88. The van der Waals surface area contributed by atoms with E-state index in [0.717, 1.165) is 19.3 Å². The van der Waals surface area contributed by atoms with E-state index in [4.69, 9.17) is 5.73 Å². The number of rotatable bonds is 5. The number of anilines is 1. The van der Waals surface area contributed by atoms with E-state index < -0.39 is 10.0 Å². The van der Waals surface area contributed by atoms with Gasteiger partial charge in [0.15, 0.2) is 0 Å². The van der Waals surface area contributed by atoms with E-state index in [2.05, 4.69) is 11.6 Å². The van der Waals surface area contributed by atoms with Gasteiger partial charge < -0.3 is 5.73 Å². The van der Waals surface area contributed by atoms with Gasteiger partial charge in [0, 0.05) is 11.7 Å². The van der Waals surface area contributed by atoms with Crippen LogP contribution in [0.1, 0.15) is 31.7 Å². The molecule has 1 aromatic carbocycles. The Morgan fingerprint density at radius 3 is 2.78 bits per heavy atom. The van der Waals surface area contributed by atoms with Crippen molar-refractivity contribution in [3.05, 3.63) is 23.8 Å². The van der Waals surface area contributed by atoms with Gasteiger partial charge in [-0.05, 0) is 49.4 Å². The Morgan fingerprint density at radius 2 is 2.17 bits per heavy atom. The smallest absolute Gasteiger partial charge is 0.241 e. The Hall–Kier alpha value is -1.07. The highest BCUT2D eigenvalue weighted by molar-refractivity contribution is 7.89. The molecule has 0 spiro atoms. The number of nitrogen functional groups attached to an aromatic ring is 1. The lowest BCUT2D eigenvalue weighted by Crippen LogP contribution is -2.27. The van der Waals surface area contributed by atoms with Crippen LogP contribution in [-0.2, 0) is 10.0 Å². The zero-order valence-corrected chi connectivity index (χ0v) is 11.6. The lowest BCUT2D eigenvalue weighted by atomic mass is 10.2. The average molecular weight is 268 g/mol. The van der Waals surface area contributed by atoms with E-state index in [1.54, 1.807) is 25.1 Å². The largest absolute Gasteiger partial charge is 0.399 e. The molecule has 0 heterocycles. The van der Waals surface area contributed by atoms with Crippen LogP contribution in [0.5, 0.6) is 0 Å². The van der Waals surface area contributed by atoms with Gasteiger partial charge in [-0.25, -0.2) is 13.1 Å². The third-order valence-corrected chi connectivity index (χ3v) is 5.03. The molecule has 0 bridgehead atoms. The number of nitrogens with two attached hydrogens (primary N) is 1. The van der Waals surface area contributed by atoms with Crippen LogP contribution in [-0.4, -0.2) is 14.5 Å². The van der Waals surface area contributed by atoms with Gasteiger partial charge in [-0.1, -0.05) is 13.3 Å². The number of nitrogens with one attached hydrogen (secondary N) is 1. The molecule has 1 aromatic rings. The van der Waals surface area contributed by atoms with E-state index >= 15 is 0 Å². The van der Waals surface area contributed by atoms with Crippen LogP contribution in [0, 0.1) is 12.8 Å². The van der Waals surface area contributed by atoms with Crippen molar-refractivity contribution in [2.45, 2.75) is 44.0 Å². The van der Waals surface area contributed by atoms with Gasteiger partial charge in [0.1, 0.15) is 0 Å². The van der Waals surface area contributed by atoms with Crippen LogP contribution < -0.4 is 10.5 Å². The van der Waals surface area contributed by atoms with Gasteiger partial charge >= 0.3 is 0 Å². The quantitative estimate of drug-likeness (QED) is 0.803. The van der Waals surface area contributed by atoms with Crippen molar-refractivity contribution in [1.29, 1.82) is 0 Å². The second-order valence-electron chi connectivity index (χ2n) is 5.04. The van der Waals surface area contributed by atoms with Gasteiger partial charge in [0.05, 0.1) is 4.90 Å². The molecule has 3 N–H and O–H groups in total. The van der Waals surface area contributed by atoms with Crippen molar-refractivity contribution in [2.75, 3.05) is 5.73 Å². The number of sulfonamides is 1. The van der Waals surface area contributed by atoms with E-state index in [1.807, 2.05) is 0 Å². The highest BCUT2D eigenvalue weighted by atomic mass is 32.2. The van der Waals surface area contributed by atoms with Crippen molar-refractivity contribution in [3.63, 3.8) is 0 Å². The zero-order chi connectivity index (χ0) is 13.3. The molecule has 0 aromatic heterocycles. The predicted octanol–water partition coefficient (Wildman–Crippen LogP) is 2.04. The molecule has 0 aliphatic heterocycles. The molecule has 2 rings (SSSR count). The molecule has 2 atom stereocenters. The van der Waals surface area contributed by atoms with Crippen molar-refractivity contribution >= 4 is 15.7 Å². The molecule has 0 amide bonds. The number of hydrogen-bond donors (Lipinski definition) is 2. The first kappa shape index (κ1) is 13.4. The normalized spacial score (nSPS) is 23.0. The Balaban J connectivity index is 2.12. The molecular formula is C13H20N2O2S. The van der Waals surface area contributed by atoms with Crippen molar-refractivity contribution in [1.82, 2.24) is 4.72 Å². The molecule has 1 fully saturated rings. The maximum Gasteiger partial charge on any atom is 0.241 e. The van der Waals surface area contributed by atoms with Crippen LogP contribution in [0.2, 0.25) is 0 Å². The fourth-order valence-corrected chi connectivity index (χ4v) is 3.86. The third-order valence-electron chi connectivity index (χ3n) is 3.38. The average Bonchev–Trinajstić information content (AvgIpc) is 2.95. The molecule has 1 aliphatic carbocycles. The van der Waals surface area contributed by atoms with Crippen LogP contribution in [0.3, 0.4) is 0 Å². The van der Waals surface area contributed by atoms with Gasteiger partial charge in [-0.2, -0.15) is 0 Å². The molecule has 1 aliphatic rings. The SMILES string of the molecule is CCCC1CC1NS(=O)(=O)c1ccc(N)cc1C. The summed E-state index contributed by atoms with van der Waals surface area (Å²) in [7, 11) is -3.40. The second-order valence-corrected chi connectivity index (χ2v) is 6.72. The highest BCUT2D eigenvalue weighted by Crippen LogP contribution is 2.35. The minimum Gasteiger partial charge on any atom is -0.399 e. The first-order valence-electron chi connectivity index (χ1n) is 6.32. The first-order chi connectivity index (χ1) is 8.44. The van der Waals surface area contributed by atoms with Gasteiger partial charge in [-0.3, -0.25) is 0 Å². The lowest BCUT2D eigenvalue weighted by molar-refractivity contribution is 0.572.